The number of nitrogens with zero attached hydrogens (tertiary/aromatic N) is 1. The third-order valence-corrected chi connectivity index (χ3v) is 7.29. The van der Waals surface area contributed by atoms with Crippen LogP contribution < -0.4 is 15.8 Å². The van der Waals surface area contributed by atoms with Crippen LogP contribution in [0, 0.1) is 6.92 Å². The number of hydrogen-bond donors (Lipinski definition) is 2. The largest absolute Gasteiger partial charge is 0.419 e. The first-order chi connectivity index (χ1) is 16.1. The Morgan fingerprint density at radius 1 is 1.09 bits per heavy atom. The summed E-state index contributed by atoms with van der Waals surface area (Å²) in [6.45, 7) is 1.84. The van der Waals surface area contributed by atoms with Crippen molar-refractivity contribution < 1.29 is 17.6 Å². The number of nitrogens with one attached hydrogen (secondary N) is 2. The molecule has 34 heavy (non-hydrogen) atoms. The predicted octanol–water partition coefficient (Wildman–Crippen LogP) is 3.62. The van der Waals surface area contributed by atoms with Crippen molar-refractivity contribution in [3.05, 3.63) is 93.4 Å². The highest BCUT2D eigenvalue weighted by atomic mass is 35.5. The summed E-state index contributed by atoms with van der Waals surface area (Å²) in [5, 5.41) is 3.21. The molecule has 10 heteroatoms. The quantitative estimate of drug-likeness (QED) is 0.403. The van der Waals surface area contributed by atoms with Gasteiger partial charge in [0.2, 0.25) is 15.9 Å². The maximum absolute atomic E-state index is 13.2. The van der Waals surface area contributed by atoms with Crippen molar-refractivity contribution in [1.29, 1.82) is 0 Å². The highest BCUT2D eigenvalue weighted by molar-refractivity contribution is 7.89. The summed E-state index contributed by atoms with van der Waals surface area (Å²) in [4.78, 5) is 24.8. The standard InChI is InChI=1S/C24H22ClN3O5S/c1-15-8-9-17(13-19(15)25)26-23(29)20(12-16-6-4-3-5-7-16)27-34(31,32)18-10-11-21-22(14-18)33-24(30)28(21)2/h3-11,13-14,20,27H,12H2,1-2H3,(H,26,29)/t20-/m1/s1. The minimum absolute atomic E-state index is 0.119. The van der Waals surface area contributed by atoms with Gasteiger partial charge in [0.05, 0.1) is 10.4 Å². The molecule has 176 valence electrons. The molecule has 0 aliphatic rings. The monoisotopic (exact) mass is 499 g/mol. The first kappa shape index (κ1) is 23.7. The molecule has 0 aliphatic carbocycles. The van der Waals surface area contributed by atoms with E-state index in [0.29, 0.717) is 16.2 Å². The van der Waals surface area contributed by atoms with Crippen LogP contribution >= 0.6 is 11.6 Å². The summed E-state index contributed by atoms with van der Waals surface area (Å²) in [7, 11) is -2.61. The van der Waals surface area contributed by atoms with Crippen LogP contribution in [-0.2, 0) is 28.3 Å². The lowest BCUT2D eigenvalue weighted by molar-refractivity contribution is -0.117. The molecular weight excluding hydrogens is 478 g/mol. The molecule has 0 bridgehead atoms. The van der Waals surface area contributed by atoms with Crippen molar-refractivity contribution in [2.24, 2.45) is 7.05 Å². The Morgan fingerprint density at radius 3 is 2.53 bits per heavy atom. The highest BCUT2D eigenvalue weighted by Gasteiger charge is 2.27. The Bertz CT molecular complexity index is 1530. The predicted molar refractivity (Wildman–Crippen MR) is 131 cm³/mol. The van der Waals surface area contributed by atoms with Crippen molar-refractivity contribution in [3.8, 4) is 0 Å². The Kier molecular flexibility index (Phi) is 6.60. The Hall–Kier alpha value is -3.40. The second-order valence-corrected chi connectivity index (χ2v) is 9.99. The number of anilines is 1. The van der Waals surface area contributed by atoms with Crippen LogP contribution in [-0.4, -0.2) is 24.9 Å². The number of rotatable bonds is 7. The molecule has 1 amide bonds. The Balaban J connectivity index is 1.64. The summed E-state index contributed by atoms with van der Waals surface area (Å²) in [6, 6.07) is 17.1. The number of hydrogen-bond acceptors (Lipinski definition) is 5. The van der Waals surface area contributed by atoms with Crippen molar-refractivity contribution >= 4 is 44.3 Å². The summed E-state index contributed by atoms with van der Waals surface area (Å²) in [5.74, 6) is -1.14. The fraction of sp³-hybridized carbons (Fsp3) is 0.167. The third-order valence-electron chi connectivity index (χ3n) is 5.41. The molecule has 0 fully saturated rings. The van der Waals surface area contributed by atoms with Gasteiger partial charge in [-0.2, -0.15) is 4.72 Å². The molecule has 4 aromatic rings. The average Bonchev–Trinajstić information content (AvgIpc) is 3.09. The van der Waals surface area contributed by atoms with Gasteiger partial charge < -0.3 is 9.73 Å². The first-order valence-electron chi connectivity index (χ1n) is 10.4. The highest BCUT2D eigenvalue weighted by Crippen LogP contribution is 2.21. The molecule has 2 N–H and O–H groups in total. The molecule has 4 rings (SSSR count). The van der Waals surface area contributed by atoms with Gasteiger partial charge in [-0.25, -0.2) is 13.2 Å². The molecule has 0 radical (unpaired) electrons. The van der Waals surface area contributed by atoms with E-state index in [0.717, 1.165) is 11.1 Å². The molecule has 1 aromatic heterocycles. The SMILES string of the molecule is Cc1ccc(NC(=O)[C@@H](Cc2ccccc2)NS(=O)(=O)c2ccc3c(c2)oc(=O)n3C)cc1Cl. The number of carbonyl (C=O) groups is 1. The van der Waals surface area contributed by atoms with Gasteiger partial charge in [-0.05, 0) is 48.7 Å². The summed E-state index contributed by atoms with van der Waals surface area (Å²) < 4.78 is 35.2. The van der Waals surface area contributed by atoms with E-state index in [9.17, 15) is 18.0 Å². The van der Waals surface area contributed by atoms with Crippen molar-refractivity contribution in [3.63, 3.8) is 0 Å². The maximum Gasteiger partial charge on any atom is 0.419 e. The van der Waals surface area contributed by atoms with Gasteiger partial charge in [0.1, 0.15) is 6.04 Å². The zero-order valence-electron chi connectivity index (χ0n) is 18.4. The first-order valence-corrected chi connectivity index (χ1v) is 12.2. The van der Waals surface area contributed by atoms with Gasteiger partial charge in [0, 0.05) is 23.8 Å². The summed E-state index contributed by atoms with van der Waals surface area (Å²) >= 11 is 6.16. The van der Waals surface area contributed by atoms with Crippen LogP contribution in [0.4, 0.5) is 5.69 Å². The fourth-order valence-corrected chi connectivity index (χ4v) is 4.87. The number of sulfonamides is 1. The van der Waals surface area contributed by atoms with Crippen LogP contribution in [0.5, 0.6) is 0 Å². The minimum atomic E-state index is -4.14. The maximum atomic E-state index is 13.2. The lowest BCUT2D eigenvalue weighted by atomic mass is 10.1. The number of halogens is 1. The molecule has 1 atom stereocenters. The normalized spacial score (nSPS) is 12.6. The van der Waals surface area contributed by atoms with E-state index in [1.807, 2.05) is 37.3 Å². The number of oxazole rings is 1. The summed E-state index contributed by atoms with van der Waals surface area (Å²) in [6.07, 6.45) is 0.119. The van der Waals surface area contributed by atoms with Gasteiger partial charge in [-0.3, -0.25) is 9.36 Å². The van der Waals surface area contributed by atoms with Crippen LogP contribution in [0.15, 0.2) is 80.8 Å². The van der Waals surface area contributed by atoms with Gasteiger partial charge in [-0.15, -0.1) is 0 Å². The minimum Gasteiger partial charge on any atom is -0.408 e. The van der Waals surface area contributed by atoms with Crippen LogP contribution in [0.25, 0.3) is 11.1 Å². The van der Waals surface area contributed by atoms with Crippen LogP contribution in [0.1, 0.15) is 11.1 Å². The molecule has 8 nitrogen and oxygen atoms in total. The van der Waals surface area contributed by atoms with E-state index in [4.69, 9.17) is 16.0 Å². The van der Waals surface area contributed by atoms with E-state index in [1.54, 1.807) is 18.2 Å². The third kappa shape index (κ3) is 5.06. The van der Waals surface area contributed by atoms with E-state index < -0.39 is 27.7 Å². The molecule has 0 spiro atoms. The fourth-order valence-electron chi connectivity index (χ4n) is 3.47. The zero-order chi connectivity index (χ0) is 24.5. The lowest BCUT2D eigenvalue weighted by Gasteiger charge is -2.19. The lowest BCUT2D eigenvalue weighted by Crippen LogP contribution is -2.45. The molecule has 0 unspecified atom stereocenters. The summed E-state index contributed by atoms with van der Waals surface area (Å²) in [5.41, 5.74) is 2.67. The van der Waals surface area contributed by atoms with E-state index in [2.05, 4.69) is 10.0 Å². The van der Waals surface area contributed by atoms with Crippen molar-refractivity contribution in [2.75, 3.05) is 5.32 Å². The number of aryl methyl sites for hydroxylation is 2. The molecular formula is C24H22ClN3O5S. The number of amides is 1. The van der Waals surface area contributed by atoms with E-state index in [1.165, 1.54) is 29.8 Å². The smallest absolute Gasteiger partial charge is 0.408 e. The van der Waals surface area contributed by atoms with Crippen LogP contribution in [0.3, 0.4) is 0 Å². The van der Waals surface area contributed by atoms with E-state index >= 15 is 0 Å². The molecule has 0 saturated heterocycles. The second kappa shape index (κ2) is 9.46. The topological polar surface area (TPSA) is 110 Å². The number of aromatic nitrogens is 1. The zero-order valence-corrected chi connectivity index (χ0v) is 20.0. The van der Waals surface area contributed by atoms with Crippen molar-refractivity contribution in [1.82, 2.24) is 9.29 Å². The number of benzene rings is 3. The van der Waals surface area contributed by atoms with Crippen LogP contribution in [0.2, 0.25) is 5.02 Å². The molecule has 0 aliphatic heterocycles. The molecule has 3 aromatic carbocycles. The second-order valence-electron chi connectivity index (χ2n) is 7.87. The van der Waals surface area contributed by atoms with Gasteiger partial charge in [0.25, 0.3) is 0 Å². The van der Waals surface area contributed by atoms with Crippen molar-refractivity contribution in [2.45, 2.75) is 24.3 Å². The molecule has 0 saturated carbocycles. The van der Waals surface area contributed by atoms with E-state index in [-0.39, 0.29) is 16.9 Å². The Labute approximate surface area is 201 Å². The van der Waals surface area contributed by atoms with Gasteiger partial charge in [-0.1, -0.05) is 48.0 Å². The number of carbonyl (C=O) groups excluding carboxylic acids is 1. The van der Waals surface area contributed by atoms with Gasteiger partial charge >= 0.3 is 5.76 Å². The van der Waals surface area contributed by atoms with Gasteiger partial charge in [0.15, 0.2) is 5.58 Å². The average molecular weight is 500 g/mol. The Morgan fingerprint density at radius 2 is 1.82 bits per heavy atom. The molecule has 1 heterocycles. The number of fused-ring (bicyclic) bond motifs is 1.